The third-order valence-electron chi connectivity index (χ3n) is 3.98. The number of hydrogen-bond acceptors (Lipinski definition) is 4. The minimum Gasteiger partial charge on any atom is -0.350 e. The number of rotatable bonds is 4. The zero-order valence-corrected chi connectivity index (χ0v) is 12.1. The van der Waals surface area contributed by atoms with Crippen LogP contribution in [-0.2, 0) is 30.6 Å². The van der Waals surface area contributed by atoms with E-state index in [4.69, 9.17) is 0 Å². The van der Waals surface area contributed by atoms with E-state index in [1.807, 2.05) is 12.1 Å². The summed E-state index contributed by atoms with van der Waals surface area (Å²) in [7, 11) is 0. The van der Waals surface area contributed by atoms with E-state index in [1.165, 1.54) is 5.56 Å². The van der Waals surface area contributed by atoms with Gasteiger partial charge in [0.15, 0.2) is 0 Å². The van der Waals surface area contributed by atoms with Gasteiger partial charge < -0.3 is 5.32 Å². The third kappa shape index (κ3) is 3.09. The van der Waals surface area contributed by atoms with Crippen molar-refractivity contribution in [3.8, 4) is 0 Å². The molecule has 3 rings (SSSR count). The van der Waals surface area contributed by atoms with Gasteiger partial charge in [0.05, 0.1) is 23.6 Å². The molecule has 2 aromatic heterocycles. The highest BCUT2D eigenvalue weighted by molar-refractivity contribution is 5.79. The Hall–Kier alpha value is -2.24. The third-order valence-corrected chi connectivity index (χ3v) is 3.98. The highest BCUT2D eigenvalue weighted by atomic mass is 16.1. The van der Waals surface area contributed by atoms with Crippen LogP contribution in [0.3, 0.4) is 0 Å². The second-order valence-electron chi connectivity index (χ2n) is 5.38. The van der Waals surface area contributed by atoms with Gasteiger partial charge in [0, 0.05) is 18.5 Å². The van der Waals surface area contributed by atoms with Crippen LogP contribution in [0.25, 0.3) is 0 Å². The Balaban J connectivity index is 1.57. The fourth-order valence-corrected chi connectivity index (χ4v) is 2.68. The molecule has 0 spiro atoms. The van der Waals surface area contributed by atoms with E-state index < -0.39 is 0 Å². The van der Waals surface area contributed by atoms with Gasteiger partial charge >= 0.3 is 0 Å². The summed E-state index contributed by atoms with van der Waals surface area (Å²) >= 11 is 0. The van der Waals surface area contributed by atoms with Crippen molar-refractivity contribution in [1.82, 2.24) is 25.7 Å². The molecular weight excluding hydrogens is 266 g/mol. The standard InChI is InChI=1S/C15H19N5O/c1-2-10-5-6-16-12(7-10)9-17-15(21)11-3-4-13-14(8-11)19-20-18-13/h5-7,11H,2-4,8-9H2,1H3,(H,17,21)(H,18,19,20). The molecular formula is C15H19N5O. The number of pyridine rings is 1. The molecule has 2 aromatic rings. The number of aromatic nitrogens is 4. The molecule has 1 atom stereocenters. The molecule has 2 heterocycles. The first-order valence-corrected chi connectivity index (χ1v) is 7.36. The summed E-state index contributed by atoms with van der Waals surface area (Å²) in [5.41, 5.74) is 4.06. The number of nitrogens with one attached hydrogen (secondary N) is 2. The smallest absolute Gasteiger partial charge is 0.223 e. The first kappa shape index (κ1) is 13.7. The molecule has 0 aromatic carbocycles. The number of amides is 1. The summed E-state index contributed by atoms with van der Waals surface area (Å²) in [5, 5.41) is 13.8. The first-order chi connectivity index (χ1) is 10.3. The number of carbonyl (C=O) groups excluding carboxylic acids is 1. The zero-order valence-electron chi connectivity index (χ0n) is 12.1. The van der Waals surface area contributed by atoms with Crippen LogP contribution in [0.15, 0.2) is 18.3 Å². The molecule has 0 saturated heterocycles. The average molecular weight is 285 g/mol. The van der Waals surface area contributed by atoms with Crippen LogP contribution in [0.5, 0.6) is 0 Å². The second kappa shape index (κ2) is 6.03. The minimum absolute atomic E-state index is 0.0167. The molecule has 110 valence electrons. The quantitative estimate of drug-likeness (QED) is 0.883. The lowest BCUT2D eigenvalue weighted by Crippen LogP contribution is -2.34. The Labute approximate surface area is 123 Å². The fourth-order valence-electron chi connectivity index (χ4n) is 2.68. The molecule has 0 fully saturated rings. The molecule has 1 unspecified atom stereocenters. The van der Waals surface area contributed by atoms with Crippen molar-refractivity contribution in [2.75, 3.05) is 0 Å². The molecule has 0 radical (unpaired) electrons. The van der Waals surface area contributed by atoms with Crippen LogP contribution >= 0.6 is 0 Å². The predicted molar refractivity (Wildman–Crippen MR) is 77.4 cm³/mol. The van der Waals surface area contributed by atoms with Gasteiger partial charge in [-0.25, -0.2) is 0 Å². The first-order valence-electron chi connectivity index (χ1n) is 7.36. The fraction of sp³-hybridized carbons (Fsp3) is 0.467. The summed E-state index contributed by atoms with van der Waals surface area (Å²) < 4.78 is 0. The number of aromatic amines is 1. The molecule has 1 aliphatic rings. The lowest BCUT2D eigenvalue weighted by Gasteiger charge is -2.19. The number of carbonyl (C=O) groups is 1. The van der Waals surface area contributed by atoms with Crippen molar-refractivity contribution in [3.63, 3.8) is 0 Å². The predicted octanol–water partition coefficient (Wildman–Crippen LogP) is 1.18. The van der Waals surface area contributed by atoms with Crippen molar-refractivity contribution in [3.05, 3.63) is 41.0 Å². The van der Waals surface area contributed by atoms with Crippen molar-refractivity contribution < 1.29 is 4.79 Å². The number of aryl methyl sites for hydroxylation is 2. The van der Waals surface area contributed by atoms with Crippen LogP contribution in [0, 0.1) is 5.92 Å². The highest BCUT2D eigenvalue weighted by Crippen LogP contribution is 2.22. The van der Waals surface area contributed by atoms with Crippen molar-refractivity contribution >= 4 is 5.91 Å². The van der Waals surface area contributed by atoms with Gasteiger partial charge in [0.1, 0.15) is 0 Å². The van der Waals surface area contributed by atoms with Gasteiger partial charge in [-0.05, 0) is 37.0 Å². The number of nitrogens with zero attached hydrogens (tertiary/aromatic N) is 3. The molecule has 1 amide bonds. The molecule has 0 aliphatic heterocycles. The maximum atomic E-state index is 12.3. The van der Waals surface area contributed by atoms with Crippen LogP contribution in [0.2, 0.25) is 0 Å². The van der Waals surface area contributed by atoms with Crippen molar-refractivity contribution in [1.29, 1.82) is 0 Å². The number of hydrogen-bond donors (Lipinski definition) is 2. The van der Waals surface area contributed by atoms with E-state index in [2.05, 4.69) is 32.6 Å². The molecule has 0 bridgehead atoms. The largest absolute Gasteiger partial charge is 0.350 e. The molecule has 0 saturated carbocycles. The minimum atomic E-state index is -0.0167. The number of H-pyrrole nitrogens is 1. The van der Waals surface area contributed by atoms with Crippen molar-refractivity contribution in [2.45, 2.75) is 39.2 Å². The van der Waals surface area contributed by atoms with E-state index in [1.54, 1.807) is 6.20 Å². The Kier molecular flexibility index (Phi) is 3.94. The van der Waals surface area contributed by atoms with Crippen molar-refractivity contribution in [2.24, 2.45) is 5.92 Å². The van der Waals surface area contributed by atoms with Crippen LogP contribution in [-0.4, -0.2) is 26.3 Å². The molecule has 21 heavy (non-hydrogen) atoms. The maximum absolute atomic E-state index is 12.3. The summed E-state index contributed by atoms with van der Waals surface area (Å²) in [4.78, 5) is 16.6. The molecule has 2 N–H and O–H groups in total. The summed E-state index contributed by atoms with van der Waals surface area (Å²) in [6.07, 6.45) is 5.07. The second-order valence-corrected chi connectivity index (χ2v) is 5.38. The Morgan fingerprint density at radius 1 is 1.43 bits per heavy atom. The zero-order chi connectivity index (χ0) is 14.7. The monoisotopic (exact) mass is 285 g/mol. The lowest BCUT2D eigenvalue weighted by atomic mass is 9.89. The summed E-state index contributed by atoms with van der Waals surface area (Å²) in [5.74, 6) is 0.0595. The maximum Gasteiger partial charge on any atom is 0.223 e. The van der Waals surface area contributed by atoms with Gasteiger partial charge in [0.25, 0.3) is 0 Å². The normalized spacial score (nSPS) is 17.3. The average Bonchev–Trinajstić information content (AvgIpc) is 3.00. The van der Waals surface area contributed by atoms with E-state index in [0.29, 0.717) is 13.0 Å². The van der Waals surface area contributed by atoms with E-state index >= 15 is 0 Å². The van der Waals surface area contributed by atoms with Crippen LogP contribution in [0.1, 0.15) is 36.0 Å². The van der Waals surface area contributed by atoms with Crippen LogP contribution in [0.4, 0.5) is 0 Å². The Morgan fingerprint density at radius 2 is 2.29 bits per heavy atom. The topological polar surface area (TPSA) is 83.6 Å². The van der Waals surface area contributed by atoms with E-state index in [9.17, 15) is 4.79 Å². The van der Waals surface area contributed by atoms with Gasteiger partial charge in [-0.1, -0.05) is 6.92 Å². The number of fused-ring (bicyclic) bond motifs is 1. The SMILES string of the molecule is CCc1ccnc(CNC(=O)C2CCc3n[nH]nc3C2)c1. The van der Waals surface area contributed by atoms with Gasteiger partial charge in [0.2, 0.25) is 5.91 Å². The summed E-state index contributed by atoms with van der Waals surface area (Å²) in [6, 6.07) is 4.04. The van der Waals surface area contributed by atoms with E-state index in [0.717, 1.165) is 36.3 Å². The Bertz CT molecular complexity index is 636. The Morgan fingerprint density at radius 3 is 3.14 bits per heavy atom. The molecule has 6 heteroatoms. The molecule has 1 aliphatic carbocycles. The highest BCUT2D eigenvalue weighted by Gasteiger charge is 2.26. The molecule has 6 nitrogen and oxygen atoms in total. The van der Waals surface area contributed by atoms with Crippen LogP contribution < -0.4 is 5.32 Å². The summed E-state index contributed by atoms with van der Waals surface area (Å²) in [6.45, 7) is 2.59. The van der Waals surface area contributed by atoms with E-state index in [-0.39, 0.29) is 11.8 Å². The van der Waals surface area contributed by atoms with Gasteiger partial charge in [-0.3, -0.25) is 9.78 Å². The van der Waals surface area contributed by atoms with Gasteiger partial charge in [-0.2, -0.15) is 15.4 Å². The van der Waals surface area contributed by atoms with Gasteiger partial charge in [-0.15, -0.1) is 0 Å². The lowest BCUT2D eigenvalue weighted by molar-refractivity contribution is -0.125.